The summed E-state index contributed by atoms with van der Waals surface area (Å²) in [6.07, 6.45) is -2.29. The fourth-order valence-corrected chi connectivity index (χ4v) is 3.51. The zero-order valence-corrected chi connectivity index (χ0v) is 15.6. The first-order valence-electron chi connectivity index (χ1n) is 9.10. The van der Waals surface area contributed by atoms with Gasteiger partial charge in [0.05, 0.1) is 18.4 Å². The lowest BCUT2D eigenvalue weighted by molar-refractivity contribution is -0.137. The summed E-state index contributed by atoms with van der Waals surface area (Å²) < 4.78 is 45.8. The van der Waals surface area contributed by atoms with Crippen molar-refractivity contribution in [2.75, 3.05) is 12.4 Å². The molecule has 1 aliphatic rings. The third-order valence-corrected chi connectivity index (χ3v) is 4.91. The molecule has 1 aliphatic carbocycles. The second kappa shape index (κ2) is 7.27. The van der Waals surface area contributed by atoms with Crippen molar-refractivity contribution < 1.29 is 22.7 Å². The molecule has 2 aromatic carbocycles. The Kier molecular flexibility index (Phi) is 4.77. The molecule has 1 heterocycles. The first-order chi connectivity index (χ1) is 13.9. The van der Waals surface area contributed by atoms with Gasteiger partial charge in [-0.15, -0.1) is 0 Å². The van der Waals surface area contributed by atoms with Crippen LogP contribution < -0.4 is 10.1 Å². The number of carbonyl (C=O) groups excluding carboxylic acids is 1. The van der Waals surface area contributed by atoms with E-state index < -0.39 is 11.7 Å². The van der Waals surface area contributed by atoms with E-state index in [1.54, 1.807) is 37.4 Å². The standard InChI is InChI=1S/C21H18F3N3O2/c1-29-16-10-8-14(9-11-16)25-20(28)19-17-6-3-7-18(17)27(26-19)15-5-2-4-13(12-15)21(22,23)24/h2,4-5,8-12H,3,6-7H2,1H3,(H,25,28). The highest BCUT2D eigenvalue weighted by Gasteiger charge is 2.32. The third kappa shape index (κ3) is 3.70. The number of benzene rings is 2. The van der Waals surface area contributed by atoms with Gasteiger partial charge in [0.25, 0.3) is 5.91 Å². The van der Waals surface area contributed by atoms with Gasteiger partial charge in [0.2, 0.25) is 0 Å². The quantitative estimate of drug-likeness (QED) is 0.693. The lowest BCUT2D eigenvalue weighted by Gasteiger charge is -2.10. The first kappa shape index (κ1) is 19.0. The Morgan fingerprint density at radius 3 is 2.59 bits per heavy atom. The average Bonchev–Trinajstić information content (AvgIpc) is 3.30. The summed E-state index contributed by atoms with van der Waals surface area (Å²) in [6, 6.07) is 11.8. The van der Waals surface area contributed by atoms with E-state index in [2.05, 4.69) is 10.4 Å². The molecule has 0 spiro atoms. The van der Waals surface area contributed by atoms with E-state index in [-0.39, 0.29) is 11.6 Å². The summed E-state index contributed by atoms with van der Waals surface area (Å²) in [5.41, 5.74) is 1.93. The summed E-state index contributed by atoms with van der Waals surface area (Å²) in [5, 5.41) is 7.16. The maximum atomic E-state index is 13.1. The van der Waals surface area contributed by atoms with Crippen molar-refractivity contribution in [3.05, 3.63) is 71.0 Å². The zero-order chi connectivity index (χ0) is 20.6. The number of nitrogens with one attached hydrogen (secondary N) is 1. The number of nitrogens with zero attached hydrogens (tertiary/aromatic N) is 2. The first-order valence-corrected chi connectivity index (χ1v) is 9.10. The highest BCUT2D eigenvalue weighted by molar-refractivity contribution is 6.04. The minimum atomic E-state index is -4.44. The molecule has 1 amide bonds. The van der Waals surface area contributed by atoms with Gasteiger partial charge in [-0.05, 0) is 61.7 Å². The van der Waals surface area contributed by atoms with Gasteiger partial charge in [-0.3, -0.25) is 4.79 Å². The molecule has 150 valence electrons. The minimum absolute atomic E-state index is 0.241. The SMILES string of the molecule is COc1ccc(NC(=O)c2nn(-c3cccc(C(F)(F)F)c3)c3c2CCC3)cc1. The molecule has 0 saturated heterocycles. The van der Waals surface area contributed by atoms with Crippen molar-refractivity contribution in [2.45, 2.75) is 25.4 Å². The van der Waals surface area contributed by atoms with Crippen LogP contribution in [0.4, 0.5) is 18.9 Å². The average molecular weight is 401 g/mol. The van der Waals surface area contributed by atoms with E-state index in [0.29, 0.717) is 30.0 Å². The number of halogens is 3. The van der Waals surface area contributed by atoms with E-state index in [0.717, 1.165) is 29.8 Å². The molecule has 1 N–H and O–H groups in total. The van der Waals surface area contributed by atoms with Gasteiger partial charge in [-0.25, -0.2) is 4.68 Å². The number of carbonyl (C=O) groups is 1. The molecule has 0 aliphatic heterocycles. The Bertz CT molecular complexity index is 1060. The van der Waals surface area contributed by atoms with Crippen LogP contribution in [0.3, 0.4) is 0 Å². The Morgan fingerprint density at radius 1 is 1.14 bits per heavy atom. The van der Waals surface area contributed by atoms with Gasteiger partial charge in [0.1, 0.15) is 5.75 Å². The fourth-order valence-electron chi connectivity index (χ4n) is 3.51. The monoisotopic (exact) mass is 401 g/mol. The Hall–Kier alpha value is -3.29. The normalized spacial score (nSPS) is 13.2. The molecule has 8 heteroatoms. The van der Waals surface area contributed by atoms with Crippen LogP contribution in [-0.4, -0.2) is 22.8 Å². The summed E-state index contributed by atoms with van der Waals surface area (Å²) >= 11 is 0. The number of fused-ring (bicyclic) bond motifs is 1. The molecule has 29 heavy (non-hydrogen) atoms. The smallest absolute Gasteiger partial charge is 0.416 e. The van der Waals surface area contributed by atoms with Gasteiger partial charge >= 0.3 is 6.18 Å². The number of methoxy groups -OCH3 is 1. The molecule has 1 aromatic heterocycles. The molecule has 5 nitrogen and oxygen atoms in total. The van der Waals surface area contributed by atoms with Crippen LogP contribution in [0.15, 0.2) is 48.5 Å². The maximum Gasteiger partial charge on any atom is 0.416 e. The molecule has 0 fully saturated rings. The molecule has 0 unspecified atom stereocenters. The van der Waals surface area contributed by atoms with Crippen LogP contribution in [0.5, 0.6) is 5.75 Å². The molecule has 0 bridgehead atoms. The number of rotatable bonds is 4. The minimum Gasteiger partial charge on any atom is -0.497 e. The molecule has 0 radical (unpaired) electrons. The van der Waals surface area contributed by atoms with E-state index >= 15 is 0 Å². The van der Waals surface area contributed by atoms with Crippen LogP contribution in [0.1, 0.15) is 33.7 Å². The lowest BCUT2D eigenvalue weighted by atomic mass is 10.1. The van der Waals surface area contributed by atoms with Crippen molar-refractivity contribution in [1.82, 2.24) is 9.78 Å². The van der Waals surface area contributed by atoms with E-state index in [1.807, 2.05) is 0 Å². The van der Waals surface area contributed by atoms with Gasteiger partial charge < -0.3 is 10.1 Å². The van der Waals surface area contributed by atoms with Gasteiger partial charge in [-0.2, -0.15) is 18.3 Å². The van der Waals surface area contributed by atoms with Gasteiger partial charge in [0, 0.05) is 16.9 Å². The Balaban J connectivity index is 1.67. The number of ether oxygens (including phenoxy) is 1. The van der Waals surface area contributed by atoms with E-state index in [9.17, 15) is 18.0 Å². The van der Waals surface area contributed by atoms with Crippen molar-refractivity contribution in [1.29, 1.82) is 0 Å². The number of hydrogen-bond donors (Lipinski definition) is 1. The van der Waals surface area contributed by atoms with Crippen LogP contribution in [0, 0.1) is 0 Å². The third-order valence-electron chi connectivity index (χ3n) is 4.91. The number of anilines is 1. The molecule has 4 rings (SSSR count). The van der Waals surface area contributed by atoms with Crippen molar-refractivity contribution in [3.8, 4) is 11.4 Å². The highest BCUT2D eigenvalue weighted by Crippen LogP contribution is 2.33. The summed E-state index contributed by atoms with van der Waals surface area (Å²) in [7, 11) is 1.55. The van der Waals surface area contributed by atoms with Gasteiger partial charge in [0.15, 0.2) is 5.69 Å². The summed E-state index contributed by atoms with van der Waals surface area (Å²) in [4.78, 5) is 12.8. The largest absolute Gasteiger partial charge is 0.497 e. The summed E-state index contributed by atoms with van der Waals surface area (Å²) in [6.45, 7) is 0. The van der Waals surface area contributed by atoms with Crippen molar-refractivity contribution in [3.63, 3.8) is 0 Å². The number of amides is 1. The topological polar surface area (TPSA) is 56.1 Å². The predicted molar refractivity (Wildman–Crippen MR) is 102 cm³/mol. The summed E-state index contributed by atoms with van der Waals surface area (Å²) in [5.74, 6) is 0.275. The Morgan fingerprint density at radius 2 is 1.90 bits per heavy atom. The van der Waals surface area contributed by atoms with Crippen LogP contribution in [-0.2, 0) is 19.0 Å². The molecule has 3 aromatic rings. The lowest BCUT2D eigenvalue weighted by Crippen LogP contribution is -2.15. The Labute approximate surface area is 165 Å². The molecule has 0 saturated carbocycles. The second-order valence-electron chi connectivity index (χ2n) is 6.77. The van der Waals surface area contributed by atoms with Crippen LogP contribution in [0.25, 0.3) is 5.69 Å². The number of aromatic nitrogens is 2. The van der Waals surface area contributed by atoms with Crippen molar-refractivity contribution >= 4 is 11.6 Å². The predicted octanol–water partition coefficient (Wildman–Crippen LogP) is 4.64. The zero-order valence-electron chi connectivity index (χ0n) is 15.6. The van der Waals surface area contributed by atoms with E-state index in [4.69, 9.17) is 4.74 Å². The molecule has 0 atom stereocenters. The van der Waals surface area contributed by atoms with Crippen LogP contribution >= 0.6 is 0 Å². The maximum absolute atomic E-state index is 13.1. The van der Waals surface area contributed by atoms with E-state index in [1.165, 1.54) is 10.7 Å². The number of hydrogen-bond acceptors (Lipinski definition) is 3. The number of alkyl halides is 3. The van der Waals surface area contributed by atoms with Gasteiger partial charge in [-0.1, -0.05) is 6.07 Å². The van der Waals surface area contributed by atoms with Crippen LogP contribution in [0.2, 0.25) is 0 Å². The second-order valence-corrected chi connectivity index (χ2v) is 6.77. The fraction of sp³-hybridized carbons (Fsp3) is 0.238. The molecular formula is C21H18F3N3O2. The highest BCUT2D eigenvalue weighted by atomic mass is 19.4. The van der Waals surface area contributed by atoms with Crippen molar-refractivity contribution in [2.24, 2.45) is 0 Å². The molecular weight excluding hydrogens is 383 g/mol.